The Hall–Kier alpha value is -0.620. The predicted octanol–water partition coefficient (Wildman–Crippen LogP) is 1.97. The van der Waals surface area contributed by atoms with Gasteiger partial charge in [0.15, 0.2) is 0 Å². The highest BCUT2D eigenvalue weighted by atomic mass is 79.9. The molecule has 0 saturated carbocycles. The van der Waals surface area contributed by atoms with Gasteiger partial charge in [-0.15, -0.1) is 0 Å². The van der Waals surface area contributed by atoms with Gasteiger partial charge in [-0.05, 0) is 18.2 Å². The molecule has 4 nitrogen and oxygen atoms in total. The monoisotopic (exact) mass is 308 g/mol. The molecule has 0 radical (unpaired) electrons. The molecule has 6 heteroatoms. The third-order valence-corrected chi connectivity index (χ3v) is 2.86. The van der Waals surface area contributed by atoms with Crippen LogP contribution in [0.15, 0.2) is 22.7 Å². The molecule has 16 heavy (non-hydrogen) atoms. The number of rotatable bonds is 4. The van der Waals surface area contributed by atoms with Crippen LogP contribution in [0.5, 0.6) is 0 Å². The number of carboxylic acids is 1. The van der Waals surface area contributed by atoms with E-state index in [0.29, 0.717) is 10.0 Å². The van der Waals surface area contributed by atoms with Crippen molar-refractivity contribution >= 4 is 33.5 Å². The number of carboxylic acid groups (broad SMARTS) is 1. The normalized spacial score (nSPS) is 14.5. The molecule has 2 atom stereocenters. The molecule has 0 heterocycles. The lowest BCUT2D eigenvalue weighted by Crippen LogP contribution is -2.22. The van der Waals surface area contributed by atoms with Crippen LogP contribution in [0.1, 0.15) is 18.1 Å². The largest absolute Gasteiger partial charge is 0.481 e. The maximum Gasteiger partial charge on any atom is 0.306 e. The zero-order chi connectivity index (χ0) is 12.3. The van der Waals surface area contributed by atoms with E-state index in [1.807, 2.05) is 0 Å². The molecule has 0 aliphatic rings. The first-order valence-corrected chi connectivity index (χ1v) is 5.61. The third kappa shape index (κ3) is 3.45. The Kier molecular flexibility index (Phi) is 4.73. The minimum Gasteiger partial charge on any atom is -0.481 e. The lowest BCUT2D eigenvalue weighted by Gasteiger charge is -2.17. The molecule has 0 saturated heterocycles. The Labute approximate surface area is 106 Å². The summed E-state index contributed by atoms with van der Waals surface area (Å²) in [5, 5.41) is 27.9. The molecule has 3 N–H and O–H groups in total. The fourth-order valence-corrected chi connectivity index (χ4v) is 1.85. The lowest BCUT2D eigenvalue weighted by atomic mass is 10.0. The zero-order valence-corrected chi connectivity index (χ0v) is 10.4. The van der Waals surface area contributed by atoms with E-state index >= 15 is 0 Å². The van der Waals surface area contributed by atoms with Crippen molar-refractivity contribution in [3.63, 3.8) is 0 Å². The van der Waals surface area contributed by atoms with Crippen molar-refractivity contribution in [2.24, 2.45) is 0 Å². The van der Waals surface area contributed by atoms with Crippen LogP contribution in [0, 0.1) is 0 Å². The second kappa shape index (κ2) is 5.63. The Balaban J connectivity index is 2.90. The first kappa shape index (κ1) is 13.4. The minimum atomic E-state index is -1.38. The fourth-order valence-electron chi connectivity index (χ4n) is 1.24. The molecular weight excluding hydrogens is 299 g/mol. The standard InChI is InChI=1S/C10H10BrClO4/c11-5-1-2-7(12)6(3-5)10(16)8(13)4-9(14)15/h1-3,8,10,13,16H,4H2,(H,14,15). The van der Waals surface area contributed by atoms with Crippen molar-refractivity contribution < 1.29 is 20.1 Å². The van der Waals surface area contributed by atoms with Crippen LogP contribution >= 0.6 is 27.5 Å². The lowest BCUT2D eigenvalue weighted by molar-refractivity contribution is -0.141. The summed E-state index contributed by atoms with van der Waals surface area (Å²) < 4.78 is 0.688. The van der Waals surface area contributed by atoms with Gasteiger partial charge < -0.3 is 15.3 Å². The van der Waals surface area contributed by atoms with Crippen LogP contribution in [0.4, 0.5) is 0 Å². The summed E-state index contributed by atoms with van der Waals surface area (Å²) in [6.07, 6.45) is -3.24. The van der Waals surface area contributed by atoms with Gasteiger partial charge in [-0.3, -0.25) is 4.79 Å². The van der Waals surface area contributed by atoms with Crippen LogP contribution in [0.3, 0.4) is 0 Å². The molecule has 1 aromatic rings. The molecule has 2 unspecified atom stereocenters. The molecule has 0 aliphatic heterocycles. The number of aliphatic hydroxyl groups excluding tert-OH is 2. The molecular formula is C10H10BrClO4. The number of aliphatic carboxylic acids is 1. The van der Waals surface area contributed by atoms with Crippen molar-refractivity contribution in [3.05, 3.63) is 33.3 Å². The Bertz CT molecular complexity index is 396. The number of aliphatic hydroxyl groups is 2. The summed E-state index contributed by atoms with van der Waals surface area (Å²) in [7, 11) is 0. The van der Waals surface area contributed by atoms with E-state index in [-0.39, 0.29) is 5.02 Å². The first-order chi connectivity index (χ1) is 7.41. The van der Waals surface area contributed by atoms with E-state index in [9.17, 15) is 15.0 Å². The number of benzene rings is 1. The van der Waals surface area contributed by atoms with Crippen LogP contribution in [0.2, 0.25) is 5.02 Å². The van der Waals surface area contributed by atoms with Crippen LogP contribution in [-0.4, -0.2) is 27.4 Å². The van der Waals surface area contributed by atoms with Crippen molar-refractivity contribution in [2.75, 3.05) is 0 Å². The highest BCUT2D eigenvalue weighted by Gasteiger charge is 2.23. The van der Waals surface area contributed by atoms with E-state index in [2.05, 4.69) is 15.9 Å². The highest BCUT2D eigenvalue weighted by Crippen LogP contribution is 2.29. The first-order valence-electron chi connectivity index (χ1n) is 4.44. The van der Waals surface area contributed by atoms with Crippen molar-refractivity contribution in [2.45, 2.75) is 18.6 Å². The summed E-state index contributed by atoms with van der Waals surface area (Å²) in [6, 6.07) is 4.78. The average Bonchev–Trinajstić information content (AvgIpc) is 2.19. The van der Waals surface area contributed by atoms with E-state index in [4.69, 9.17) is 16.7 Å². The Morgan fingerprint density at radius 3 is 2.62 bits per heavy atom. The highest BCUT2D eigenvalue weighted by molar-refractivity contribution is 9.10. The van der Waals surface area contributed by atoms with Crippen LogP contribution in [0.25, 0.3) is 0 Å². The van der Waals surface area contributed by atoms with Gasteiger partial charge in [-0.1, -0.05) is 27.5 Å². The SMILES string of the molecule is O=C(O)CC(O)C(O)c1cc(Br)ccc1Cl. The van der Waals surface area contributed by atoms with E-state index in [1.54, 1.807) is 12.1 Å². The van der Waals surface area contributed by atoms with E-state index in [0.717, 1.165) is 0 Å². The molecule has 1 rings (SSSR count). The topological polar surface area (TPSA) is 77.8 Å². The summed E-state index contributed by atoms with van der Waals surface area (Å²) in [4.78, 5) is 10.4. The minimum absolute atomic E-state index is 0.278. The van der Waals surface area contributed by atoms with Crippen LogP contribution < -0.4 is 0 Å². The van der Waals surface area contributed by atoms with Gasteiger partial charge in [-0.25, -0.2) is 0 Å². The zero-order valence-electron chi connectivity index (χ0n) is 8.10. The van der Waals surface area contributed by atoms with Crippen LogP contribution in [-0.2, 0) is 4.79 Å². The Morgan fingerprint density at radius 1 is 1.44 bits per heavy atom. The molecule has 0 amide bonds. The van der Waals surface area contributed by atoms with Gasteiger partial charge in [0.1, 0.15) is 6.10 Å². The number of halogens is 2. The maximum absolute atomic E-state index is 10.4. The summed E-state index contributed by atoms with van der Waals surface area (Å²) >= 11 is 9.03. The van der Waals surface area contributed by atoms with Gasteiger partial charge in [0.25, 0.3) is 0 Å². The van der Waals surface area contributed by atoms with E-state index < -0.39 is 24.6 Å². The molecule has 0 spiro atoms. The second-order valence-corrected chi connectivity index (χ2v) is 4.60. The fraction of sp³-hybridized carbons (Fsp3) is 0.300. The number of carbonyl (C=O) groups is 1. The molecule has 0 aliphatic carbocycles. The van der Waals surface area contributed by atoms with Gasteiger partial charge in [0, 0.05) is 15.1 Å². The van der Waals surface area contributed by atoms with Gasteiger partial charge in [-0.2, -0.15) is 0 Å². The van der Waals surface area contributed by atoms with Gasteiger partial charge in [0.2, 0.25) is 0 Å². The average molecular weight is 310 g/mol. The van der Waals surface area contributed by atoms with E-state index in [1.165, 1.54) is 6.07 Å². The van der Waals surface area contributed by atoms with Crippen molar-refractivity contribution in [1.29, 1.82) is 0 Å². The summed E-state index contributed by atoms with van der Waals surface area (Å²) in [5.74, 6) is -1.18. The van der Waals surface area contributed by atoms with Crippen molar-refractivity contribution in [1.82, 2.24) is 0 Å². The second-order valence-electron chi connectivity index (χ2n) is 3.28. The quantitative estimate of drug-likeness (QED) is 0.794. The molecule has 1 aromatic carbocycles. The number of hydrogen-bond acceptors (Lipinski definition) is 3. The maximum atomic E-state index is 10.4. The predicted molar refractivity (Wildman–Crippen MR) is 62.4 cm³/mol. The van der Waals surface area contributed by atoms with Gasteiger partial charge in [0.05, 0.1) is 12.5 Å². The Morgan fingerprint density at radius 2 is 2.06 bits per heavy atom. The smallest absolute Gasteiger partial charge is 0.306 e. The van der Waals surface area contributed by atoms with Crippen molar-refractivity contribution in [3.8, 4) is 0 Å². The third-order valence-electron chi connectivity index (χ3n) is 2.02. The molecule has 88 valence electrons. The molecule has 0 bridgehead atoms. The number of hydrogen-bond donors (Lipinski definition) is 3. The summed E-state index contributed by atoms with van der Waals surface area (Å²) in [5.41, 5.74) is 0.296. The molecule has 0 fully saturated rings. The molecule has 0 aromatic heterocycles. The van der Waals surface area contributed by atoms with Gasteiger partial charge >= 0.3 is 5.97 Å². The summed E-state index contributed by atoms with van der Waals surface area (Å²) in [6.45, 7) is 0.